The number of rotatable bonds is 5. The molecule has 0 saturated carbocycles. The van der Waals surface area contributed by atoms with Crippen LogP contribution in [0.5, 0.6) is 5.75 Å². The van der Waals surface area contributed by atoms with Crippen LogP contribution in [0.4, 0.5) is 17.6 Å². The summed E-state index contributed by atoms with van der Waals surface area (Å²) in [5.41, 5.74) is -1.08. The molecule has 0 aliphatic rings. The Balaban J connectivity index is 3.29. The van der Waals surface area contributed by atoms with E-state index in [-0.39, 0.29) is 11.3 Å². The van der Waals surface area contributed by atoms with E-state index < -0.39 is 43.9 Å². The van der Waals surface area contributed by atoms with E-state index in [4.69, 9.17) is 4.74 Å². The number of halogens is 4. The molecule has 7 heteroatoms. The molecule has 0 aliphatic heterocycles. The third-order valence-electron chi connectivity index (χ3n) is 4.00. The van der Waals surface area contributed by atoms with Gasteiger partial charge >= 0.3 is 6.18 Å². The zero-order valence-electron chi connectivity index (χ0n) is 16.0. The van der Waals surface area contributed by atoms with Crippen LogP contribution in [0.25, 0.3) is 0 Å². The predicted octanol–water partition coefficient (Wildman–Crippen LogP) is 5.07. The average Bonchev–Trinajstić information content (AvgIpc) is 2.44. The molecule has 0 fully saturated rings. The summed E-state index contributed by atoms with van der Waals surface area (Å²) in [4.78, 5) is 0. The number of benzene rings is 1. The number of hydrogen-bond donors (Lipinski definition) is 1. The molecule has 1 N–H and O–H groups in total. The van der Waals surface area contributed by atoms with Crippen LogP contribution in [-0.2, 0) is 5.41 Å². The van der Waals surface area contributed by atoms with E-state index in [1.54, 1.807) is 0 Å². The van der Waals surface area contributed by atoms with Crippen LogP contribution < -0.4 is 4.74 Å². The first kappa shape index (κ1) is 22.5. The largest absolute Gasteiger partial charge is 0.496 e. The van der Waals surface area contributed by atoms with Crippen LogP contribution in [-0.4, -0.2) is 32.1 Å². The molecular weight excluding hydrogens is 364 g/mol. The maximum Gasteiger partial charge on any atom is 0.418 e. The molecular formula is C19H26F4O2Si. The zero-order valence-corrected chi connectivity index (χ0v) is 17.0. The van der Waals surface area contributed by atoms with Gasteiger partial charge in [-0.3, -0.25) is 0 Å². The molecule has 1 rings (SSSR count). The summed E-state index contributed by atoms with van der Waals surface area (Å²) in [7, 11) is -0.507. The molecule has 0 amide bonds. The minimum absolute atomic E-state index is 0.265. The van der Waals surface area contributed by atoms with Gasteiger partial charge in [-0.1, -0.05) is 33.5 Å². The Morgan fingerprint density at radius 2 is 1.73 bits per heavy atom. The SMILES string of the molecule is COc1ccc(F)cc1C(C)(C)CC(O)(CC#C[Si](C)(C)C)C(F)(F)F. The van der Waals surface area contributed by atoms with Gasteiger partial charge in [-0.2, -0.15) is 13.2 Å². The number of hydrogen-bond acceptors (Lipinski definition) is 2. The van der Waals surface area contributed by atoms with Gasteiger partial charge in [0.25, 0.3) is 0 Å². The van der Waals surface area contributed by atoms with Crippen molar-refractivity contribution >= 4 is 8.07 Å². The highest BCUT2D eigenvalue weighted by Crippen LogP contribution is 2.45. The molecule has 0 saturated heterocycles. The molecule has 0 radical (unpaired) electrons. The predicted molar refractivity (Wildman–Crippen MR) is 97.3 cm³/mol. The van der Waals surface area contributed by atoms with Crippen molar-refractivity contribution in [1.82, 2.24) is 0 Å². The summed E-state index contributed by atoms with van der Waals surface area (Å²) in [6.07, 6.45) is -6.25. The summed E-state index contributed by atoms with van der Waals surface area (Å²) in [5.74, 6) is 2.21. The molecule has 0 heterocycles. The maximum absolute atomic E-state index is 13.7. The standard InChI is InChI=1S/C19H26F4O2Si/c1-17(2,15-12-14(20)8-9-16(15)25-3)13-18(24,19(21,22)23)10-7-11-26(4,5)6/h8-9,12,24H,10,13H2,1-6H3. The van der Waals surface area contributed by atoms with Crippen molar-refractivity contribution in [1.29, 1.82) is 0 Å². The van der Waals surface area contributed by atoms with Crippen LogP contribution in [0.15, 0.2) is 18.2 Å². The van der Waals surface area contributed by atoms with Crippen LogP contribution in [0.1, 0.15) is 32.3 Å². The Kier molecular flexibility index (Phi) is 6.59. The Morgan fingerprint density at radius 1 is 1.15 bits per heavy atom. The fourth-order valence-corrected chi connectivity index (χ4v) is 3.37. The van der Waals surface area contributed by atoms with Crippen molar-refractivity contribution in [2.24, 2.45) is 0 Å². The fraction of sp³-hybridized carbons (Fsp3) is 0.579. The number of aliphatic hydroxyl groups is 1. The fourth-order valence-electron chi connectivity index (χ4n) is 2.75. The normalized spacial score (nSPS) is 15.0. The van der Waals surface area contributed by atoms with E-state index in [2.05, 4.69) is 11.5 Å². The Morgan fingerprint density at radius 3 is 2.19 bits per heavy atom. The third-order valence-corrected chi connectivity index (χ3v) is 4.92. The number of alkyl halides is 3. The van der Waals surface area contributed by atoms with E-state index in [0.717, 1.165) is 6.07 Å². The highest BCUT2D eigenvalue weighted by Gasteiger charge is 2.55. The first-order valence-electron chi connectivity index (χ1n) is 8.24. The molecule has 1 aromatic rings. The van der Waals surface area contributed by atoms with Crippen molar-refractivity contribution in [2.45, 2.75) is 63.5 Å². The molecule has 1 unspecified atom stereocenters. The minimum atomic E-state index is -4.86. The Labute approximate surface area is 153 Å². The molecule has 0 aromatic heterocycles. The molecule has 26 heavy (non-hydrogen) atoms. The van der Waals surface area contributed by atoms with Crippen LogP contribution in [0, 0.1) is 17.3 Å². The molecule has 0 spiro atoms. The summed E-state index contributed by atoms with van der Waals surface area (Å²) in [6.45, 7) is 8.77. The lowest BCUT2D eigenvalue weighted by Gasteiger charge is -2.37. The van der Waals surface area contributed by atoms with Gasteiger partial charge in [0, 0.05) is 12.0 Å². The lowest BCUT2D eigenvalue weighted by Crippen LogP contribution is -2.49. The first-order chi connectivity index (χ1) is 11.6. The second-order valence-electron chi connectivity index (χ2n) is 8.16. The molecule has 1 atom stereocenters. The summed E-state index contributed by atoms with van der Waals surface area (Å²) in [5, 5.41) is 10.4. The van der Waals surface area contributed by atoms with Crippen molar-refractivity contribution in [3.8, 4) is 17.2 Å². The van der Waals surface area contributed by atoms with E-state index in [0.29, 0.717) is 0 Å². The summed E-state index contributed by atoms with van der Waals surface area (Å²) >= 11 is 0. The van der Waals surface area contributed by atoms with Gasteiger partial charge in [0.15, 0.2) is 5.60 Å². The van der Waals surface area contributed by atoms with E-state index >= 15 is 0 Å². The Hall–Kier alpha value is -1.52. The Bertz CT molecular complexity index is 696. The van der Waals surface area contributed by atoms with E-state index in [1.807, 2.05) is 19.6 Å². The lowest BCUT2D eigenvalue weighted by molar-refractivity contribution is -0.264. The second kappa shape index (κ2) is 7.61. The number of ether oxygens (including phenoxy) is 1. The van der Waals surface area contributed by atoms with Crippen LogP contribution in [0.3, 0.4) is 0 Å². The second-order valence-corrected chi connectivity index (χ2v) is 12.9. The first-order valence-corrected chi connectivity index (χ1v) is 11.7. The van der Waals surface area contributed by atoms with Crippen molar-refractivity contribution in [3.05, 3.63) is 29.6 Å². The van der Waals surface area contributed by atoms with Crippen LogP contribution in [0.2, 0.25) is 19.6 Å². The van der Waals surface area contributed by atoms with Gasteiger partial charge in [0.1, 0.15) is 19.6 Å². The van der Waals surface area contributed by atoms with Crippen LogP contribution >= 0.6 is 0 Å². The van der Waals surface area contributed by atoms with E-state index in [9.17, 15) is 22.7 Å². The van der Waals surface area contributed by atoms with E-state index in [1.165, 1.54) is 33.1 Å². The maximum atomic E-state index is 13.7. The molecule has 146 valence electrons. The van der Waals surface area contributed by atoms with Crippen molar-refractivity contribution in [3.63, 3.8) is 0 Å². The minimum Gasteiger partial charge on any atom is -0.496 e. The molecule has 2 nitrogen and oxygen atoms in total. The monoisotopic (exact) mass is 390 g/mol. The quantitative estimate of drug-likeness (QED) is 0.432. The highest BCUT2D eigenvalue weighted by atomic mass is 28.3. The van der Waals surface area contributed by atoms with Gasteiger partial charge in [-0.05, 0) is 30.0 Å². The average molecular weight is 390 g/mol. The van der Waals surface area contributed by atoms with Gasteiger partial charge in [-0.25, -0.2) is 4.39 Å². The zero-order chi connectivity index (χ0) is 20.4. The lowest BCUT2D eigenvalue weighted by atomic mass is 9.73. The molecule has 1 aromatic carbocycles. The van der Waals surface area contributed by atoms with Gasteiger partial charge < -0.3 is 9.84 Å². The van der Waals surface area contributed by atoms with Gasteiger partial charge in [0.2, 0.25) is 0 Å². The van der Waals surface area contributed by atoms with Crippen molar-refractivity contribution in [2.75, 3.05) is 7.11 Å². The summed E-state index contributed by atoms with van der Waals surface area (Å²) < 4.78 is 59.7. The molecule has 0 bridgehead atoms. The molecule has 0 aliphatic carbocycles. The number of methoxy groups -OCH3 is 1. The van der Waals surface area contributed by atoms with Crippen molar-refractivity contribution < 1.29 is 27.4 Å². The summed E-state index contributed by atoms with van der Waals surface area (Å²) in [6, 6.07) is 3.68. The van der Waals surface area contributed by atoms with Gasteiger partial charge in [-0.15, -0.1) is 11.5 Å². The topological polar surface area (TPSA) is 29.5 Å². The third kappa shape index (κ3) is 5.75. The smallest absolute Gasteiger partial charge is 0.418 e. The highest BCUT2D eigenvalue weighted by molar-refractivity contribution is 6.83. The van der Waals surface area contributed by atoms with Gasteiger partial charge in [0.05, 0.1) is 7.11 Å².